The van der Waals surface area contributed by atoms with Gasteiger partial charge in [0.15, 0.2) is 0 Å². The first-order valence-electron chi connectivity index (χ1n) is 9.61. The van der Waals surface area contributed by atoms with Crippen LogP contribution in [-0.2, 0) is 28.9 Å². The molecule has 2 aliphatic rings. The third-order valence-electron chi connectivity index (χ3n) is 5.13. The van der Waals surface area contributed by atoms with Crippen LogP contribution >= 0.6 is 11.3 Å². The molecule has 7 heteroatoms. The van der Waals surface area contributed by atoms with Crippen molar-refractivity contribution in [3.05, 3.63) is 16.3 Å². The Hall–Kier alpha value is -1.28. The number of morpholine rings is 1. The molecule has 1 aliphatic heterocycles. The second-order valence-corrected chi connectivity index (χ2v) is 8.35. The minimum Gasteiger partial charge on any atom is -0.383 e. The Morgan fingerprint density at radius 2 is 2.04 bits per heavy atom. The number of nitrogens with one attached hydrogen (secondary N) is 1. The molecule has 0 amide bonds. The van der Waals surface area contributed by atoms with Crippen molar-refractivity contribution in [2.45, 2.75) is 45.2 Å². The van der Waals surface area contributed by atoms with Crippen LogP contribution in [0.3, 0.4) is 0 Å². The maximum Gasteiger partial charge on any atom is 0.146 e. The second kappa shape index (κ2) is 8.17. The van der Waals surface area contributed by atoms with Gasteiger partial charge < -0.3 is 14.8 Å². The van der Waals surface area contributed by atoms with Crippen LogP contribution < -0.4 is 5.32 Å². The Kier molecular flexibility index (Phi) is 5.69. The number of nitrogens with zero attached hydrogens (tertiary/aromatic N) is 3. The summed E-state index contributed by atoms with van der Waals surface area (Å²) >= 11 is 1.86. The molecular formula is C19H28N4O2S. The van der Waals surface area contributed by atoms with Gasteiger partial charge in [0, 0.05) is 31.1 Å². The van der Waals surface area contributed by atoms with Gasteiger partial charge in [-0.1, -0.05) is 0 Å². The molecule has 1 atom stereocenters. The van der Waals surface area contributed by atoms with Crippen LogP contribution in [0, 0.1) is 0 Å². The molecule has 1 aliphatic carbocycles. The van der Waals surface area contributed by atoms with Crippen molar-refractivity contribution in [2.24, 2.45) is 0 Å². The Morgan fingerprint density at radius 3 is 2.85 bits per heavy atom. The van der Waals surface area contributed by atoms with Crippen molar-refractivity contribution < 1.29 is 9.47 Å². The SMILES string of the molecule is COCC(C)Nc1nc(CN2CCOCC2)nc2sc3c(c12)CCCC3. The Balaban J connectivity index is 1.69. The molecule has 0 saturated carbocycles. The fraction of sp³-hybridized carbons (Fsp3) is 0.684. The summed E-state index contributed by atoms with van der Waals surface area (Å²) < 4.78 is 10.8. The van der Waals surface area contributed by atoms with E-state index in [4.69, 9.17) is 19.4 Å². The summed E-state index contributed by atoms with van der Waals surface area (Å²) in [5, 5.41) is 4.84. The van der Waals surface area contributed by atoms with Gasteiger partial charge in [-0.25, -0.2) is 9.97 Å². The summed E-state index contributed by atoms with van der Waals surface area (Å²) in [7, 11) is 1.74. The van der Waals surface area contributed by atoms with Crippen molar-refractivity contribution in [3.63, 3.8) is 0 Å². The molecule has 0 spiro atoms. The minimum atomic E-state index is 0.216. The van der Waals surface area contributed by atoms with Crippen LogP contribution in [0.4, 0.5) is 5.82 Å². The zero-order valence-electron chi connectivity index (χ0n) is 15.7. The summed E-state index contributed by atoms with van der Waals surface area (Å²) in [6.45, 7) is 7.08. The van der Waals surface area contributed by atoms with E-state index in [1.54, 1.807) is 7.11 Å². The molecule has 6 nitrogen and oxygen atoms in total. The average molecular weight is 377 g/mol. The largest absolute Gasteiger partial charge is 0.383 e. The first-order valence-corrected chi connectivity index (χ1v) is 10.4. The number of rotatable bonds is 6. The van der Waals surface area contributed by atoms with Crippen LogP contribution in [0.5, 0.6) is 0 Å². The maximum atomic E-state index is 5.46. The monoisotopic (exact) mass is 376 g/mol. The molecule has 2 aromatic rings. The number of hydrogen-bond donors (Lipinski definition) is 1. The number of ether oxygens (including phenoxy) is 2. The molecule has 1 N–H and O–H groups in total. The lowest BCUT2D eigenvalue weighted by molar-refractivity contribution is 0.0331. The van der Waals surface area contributed by atoms with E-state index in [2.05, 4.69) is 17.1 Å². The predicted octanol–water partition coefficient (Wildman–Crippen LogP) is 2.85. The first-order chi connectivity index (χ1) is 12.7. The van der Waals surface area contributed by atoms with E-state index in [1.165, 1.54) is 35.1 Å². The molecular weight excluding hydrogens is 348 g/mol. The van der Waals surface area contributed by atoms with Gasteiger partial charge in [-0.05, 0) is 38.2 Å². The standard InChI is InChI=1S/C19H28N4O2S/c1-13(12-24-2)20-18-17-14-5-3-4-6-15(14)26-19(17)22-16(21-18)11-23-7-9-25-10-8-23/h13H,3-12H2,1-2H3,(H,20,21,22). The van der Waals surface area contributed by atoms with Gasteiger partial charge in [-0.15, -0.1) is 11.3 Å². The van der Waals surface area contributed by atoms with Crippen molar-refractivity contribution in [1.82, 2.24) is 14.9 Å². The Morgan fingerprint density at radius 1 is 1.23 bits per heavy atom. The van der Waals surface area contributed by atoms with Crippen molar-refractivity contribution in [1.29, 1.82) is 0 Å². The molecule has 1 unspecified atom stereocenters. The van der Waals surface area contributed by atoms with E-state index < -0.39 is 0 Å². The lowest BCUT2D eigenvalue weighted by Crippen LogP contribution is -2.36. The smallest absolute Gasteiger partial charge is 0.146 e. The lowest BCUT2D eigenvalue weighted by Gasteiger charge is -2.26. The van der Waals surface area contributed by atoms with Gasteiger partial charge in [0.05, 0.1) is 31.8 Å². The van der Waals surface area contributed by atoms with Crippen LogP contribution in [0.25, 0.3) is 10.2 Å². The molecule has 26 heavy (non-hydrogen) atoms. The van der Waals surface area contributed by atoms with E-state index in [0.29, 0.717) is 6.61 Å². The third kappa shape index (κ3) is 3.86. The maximum absolute atomic E-state index is 5.46. The number of fused-ring (bicyclic) bond motifs is 3. The number of aryl methyl sites for hydroxylation is 2. The highest BCUT2D eigenvalue weighted by Gasteiger charge is 2.22. The minimum absolute atomic E-state index is 0.216. The van der Waals surface area contributed by atoms with E-state index in [0.717, 1.165) is 55.7 Å². The zero-order chi connectivity index (χ0) is 17.9. The number of hydrogen-bond acceptors (Lipinski definition) is 7. The van der Waals surface area contributed by atoms with Gasteiger partial charge in [-0.2, -0.15) is 0 Å². The van der Waals surface area contributed by atoms with Gasteiger partial charge in [-0.3, -0.25) is 4.90 Å². The van der Waals surface area contributed by atoms with E-state index in [9.17, 15) is 0 Å². The van der Waals surface area contributed by atoms with Crippen LogP contribution in [-0.4, -0.2) is 60.9 Å². The number of anilines is 1. The molecule has 0 radical (unpaired) electrons. The molecule has 0 bridgehead atoms. The summed E-state index contributed by atoms with van der Waals surface area (Å²) in [6.07, 6.45) is 4.88. The normalized spacial score (nSPS) is 19.5. The van der Waals surface area contributed by atoms with Crippen LogP contribution in [0.1, 0.15) is 36.0 Å². The summed E-state index contributed by atoms with van der Waals surface area (Å²) in [4.78, 5) is 14.9. The van der Waals surface area contributed by atoms with Gasteiger partial charge in [0.25, 0.3) is 0 Å². The molecule has 2 aromatic heterocycles. The Labute approximate surface area is 158 Å². The predicted molar refractivity (Wildman–Crippen MR) is 105 cm³/mol. The lowest BCUT2D eigenvalue weighted by atomic mass is 9.97. The summed E-state index contributed by atoms with van der Waals surface area (Å²) in [5.41, 5.74) is 1.47. The van der Waals surface area contributed by atoms with Crippen molar-refractivity contribution >= 4 is 27.4 Å². The summed E-state index contributed by atoms with van der Waals surface area (Å²) in [5.74, 6) is 1.90. The van der Waals surface area contributed by atoms with Gasteiger partial charge in [0.2, 0.25) is 0 Å². The summed E-state index contributed by atoms with van der Waals surface area (Å²) in [6, 6.07) is 0.216. The highest BCUT2D eigenvalue weighted by molar-refractivity contribution is 7.19. The fourth-order valence-electron chi connectivity index (χ4n) is 3.86. The highest BCUT2D eigenvalue weighted by atomic mass is 32.1. The average Bonchev–Trinajstić information content (AvgIpc) is 3.01. The Bertz CT molecular complexity index is 758. The van der Waals surface area contributed by atoms with Gasteiger partial charge in [0.1, 0.15) is 16.5 Å². The van der Waals surface area contributed by atoms with E-state index in [1.807, 2.05) is 11.3 Å². The molecule has 1 fully saturated rings. The van der Waals surface area contributed by atoms with Crippen LogP contribution in [0.15, 0.2) is 0 Å². The molecule has 4 rings (SSSR count). The number of thiophene rings is 1. The van der Waals surface area contributed by atoms with E-state index >= 15 is 0 Å². The topological polar surface area (TPSA) is 59.5 Å². The third-order valence-corrected chi connectivity index (χ3v) is 6.32. The van der Waals surface area contributed by atoms with Crippen LogP contribution in [0.2, 0.25) is 0 Å². The zero-order valence-corrected chi connectivity index (χ0v) is 16.5. The quantitative estimate of drug-likeness (QED) is 0.837. The highest BCUT2D eigenvalue weighted by Crippen LogP contribution is 2.38. The number of aromatic nitrogens is 2. The molecule has 0 aromatic carbocycles. The van der Waals surface area contributed by atoms with E-state index in [-0.39, 0.29) is 6.04 Å². The fourth-order valence-corrected chi connectivity index (χ4v) is 5.14. The van der Waals surface area contributed by atoms with Crippen molar-refractivity contribution in [3.8, 4) is 0 Å². The molecule has 142 valence electrons. The molecule has 1 saturated heterocycles. The first kappa shape index (κ1) is 18.1. The van der Waals surface area contributed by atoms with Crippen molar-refractivity contribution in [2.75, 3.05) is 45.3 Å². The number of methoxy groups -OCH3 is 1. The molecule has 3 heterocycles. The second-order valence-electron chi connectivity index (χ2n) is 7.27. The van der Waals surface area contributed by atoms with Gasteiger partial charge >= 0.3 is 0 Å².